The third-order valence-electron chi connectivity index (χ3n) is 5.80. The molecule has 12 heteroatoms. The number of methoxy groups -OCH3 is 1. The van der Waals surface area contributed by atoms with Gasteiger partial charge in [-0.2, -0.15) is 0 Å². The first kappa shape index (κ1) is 26.4. The lowest BCUT2D eigenvalue weighted by Gasteiger charge is -2.51. The van der Waals surface area contributed by atoms with Gasteiger partial charge >= 0.3 is 11.9 Å². The highest BCUT2D eigenvalue weighted by molar-refractivity contribution is 8.00. The monoisotopic (exact) mass is 543 g/mol. The molecular formula is C25H25N3O7S2. The van der Waals surface area contributed by atoms with E-state index in [9.17, 15) is 24.0 Å². The zero-order chi connectivity index (χ0) is 26.7. The summed E-state index contributed by atoms with van der Waals surface area (Å²) < 4.78 is 9.88. The van der Waals surface area contributed by atoms with Gasteiger partial charge in [0.1, 0.15) is 29.0 Å². The van der Waals surface area contributed by atoms with Gasteiger partial charge in [0.05, 0.1) is 13.5 Å². The number of fused-ring (bicyclic) bond motifs is 1. The Bertz CT molecular complexity index is 1260. The molecule has 0 bridgehead atoms. The number of nitrogens with one attached hydrogen (secondary N) is 2. The maximum Gasteiger partial charge on any atom is 0.309 e. The normalized spacial score (nSPS) is 20.5. The molecule has 2 aliphatic heterocycles. The predicted octanol–water partition coefficient (Wildman–Crippen LogP) is 2.38. The number of thioether (sulfide) groups is 1. The molecule has 0 aliphatic carbocycles. The molecule has 10 nitrogen and oxygen atoms in total. The van der Waals surface area contributed by atoms with Gasteiger partial charge in [0.15, 0.2) is 0 Å². The van der Waals surface area contributed by atoms with Gasteiger partial charge in [-0.25, -0.2) is 0 Å². The van der Waals surface area contributed by atoms with Gasteiger partial charge in [-0.05, 0) is 29.1 Å². The highest BCUT2D eigenvalue weighted by Crippen LogP contribution is 2.51. The van der Waals surface area contributed by atoms with Crippen LogP contribution in [0.1, 0.15) is 30.2 Å². The number of β-lactam (4-membered cyclic amide) rings is 1. The quantitative estimate of drug-likeness (QED) is 0.383. The van der Waals surface area contributed by atoms with Crippen LogP contribution in [0.5, 0.6) is 0 Å². The van der Waals surface area contributed by atoms with Crippen molar-refractivity contribution >= 4 is 58.4 Å². The zero-order valence-electron chi connectivity index (χ0n) is 20.3. The van der Waals surface area contributed by atoms with Crippen molar-refractivity contribution in [2.75, 3.05) is 19.0 Å². The van der Waals surface area contributed by atoms with Crippen molar-refractivity contribution in [1.29, 1.82) is 0 Å². The second-order valence-corrected chi connectivity index (χ2v) is 10.6. The summed E-state index contributed by atoms with van der Waals surface area (Å²) in [5.41, 5.74) is 1.49. The summed E-state index contributed by atoms with van der Waals surface area (Å²) in [6.45, 7) is 2.33. The minimum atomic E-state index is -0.683. The van der Waals surface area contributed by atoms with Crippen molar-refractivity contribution in [3.8, 4) is 0 Å². The summed E-state index contributed by atoms with van der Waals surface area (Å²) in [6.07, 6.45) is 0.0894. The third kappa shape index (κ3) is 5.70. The molecule has 2 aromatic rings. The number of carbonyl (C=O) groups is 5. The number of esters is 2. The van der Waals surface area contributed by atoms with Gasteiger partial charge in [-0.15, -0.1) is 23.1 Å². The Balaban J connectivity index is 1.67. The average molecular weight is 544 g/mol. The summed E-state index contributed by atoms with van der Waals surface area (Å²) in [4.78, 5) is 64.3. The Morgan fingerprint density at radius 3 is 2.41 bits per heavy atom. The highest BCUT2D eigenvalue weighted by atomic mass is 32.2. The molecule has 0 saturated carbocycles. The number of thiophene rings is 1. The van der Waals surface area contributed by atoms with E-state index in [1.165, 1.54) is 49.0 Å². The van der Waals surface area contributed by atoms with Crippen LogP contribution in [-0.2, 0) is 39.9 Å². The summed E-state index contributed by atoms with van der Waals surface area (Å²) >= 11 is 2.77. The van der Waals surface area contributed by atoms with Crippen molar-refractivity contribution in [2.45, 2.75) is 36.9 Å². The Hall–Kier alpha value is -3.64. The van der Waals surface area contributed by atoms with Crippen molar-refractivity contribution in [3.05, 3.63) is 63.5 Å². The Kier molecular flexibility index (Phi) is 7.98. The molecule has 1 aromatic carbocycles. The summed E-state index contributed by atoms with van der Waals surface area (Å²) in [5.74, 6) is -2.57. The van der Waals surface area contributed by atoms with E-state index in [-0.39, 0.29) is 36.5 Å². The number of carbonyl (C=O) groups excluding carboxylic acids is 5. The Labute approximate surface area is 221 Å². The lowest BCUT2D eigenvalue weighted by molar-refractivity contribution is -0.144. The summed E-state index contributed by atoms with van der Waals surface area (Å²) in [5, 5.41) is 6.37. The van der Waals surface area contributed by atoms with Crippen LogP contribution in [-0.4, -0.2) is 59.0 Å². The number of amides is 3. The van der Waals surface area contributed by atoms with Gasteiger partial charge in [-0.1, -0.05) is 18.2 Å². The van der Waals surface area contributed by atoms with E-state index in [4.69, 9.17) is 4.74 Å². The first-order valence-electron chi connectivity index (χ1n) is 11.3. The predicted molar refractivity (Wildman–Crippen MR) is 137 cm³/mol. The summed E-state index contributed by atoms with van der Waals surface area (Å²) in [6, 6.07) is 10.4. The molecule has 4 rings (SSSR count). The lowest BCUT2D eigenvalue weighted by atomic mass is 9.93. The molecule has 37 heavy (non-hydrogen) atoms. The van der Waals surface area contributed by atoms with Crippen molar-refractivity contribution in [3.63, 3.8) is 0 Å². The van der Waals surface area contributed by atoms with Crippen LogP contribution in [0, 0.1) is 0 Å². The minimum Gasteiger partial charge on any atom is -0.469 e. The smallest absolute Gasteiger partial charge is 0.309 e. The molecule has 1 fully saturated rings. The number of nitrogens with zero attached hydrogens (tertiary/aromatic N) is 1. The fourth-order valence-electron chi connectivity index (χ4n) is 4.09. The highest BCUT2D eigenvalue weighted by Gasteiger charge is 2.56. The molecule has 1 saturated heterocycles. The molecule has 2 aliphatic rings. The molecule has 1 aromatic heterocycles. The van der Waals surface area contributed by atoms with Crippen molar-refractivity contribution in [2.24, 2.45) is 0 Å². The van der Waals surface area contributed by atoms with E-state index in [0.29, 0.717) is 16.8 Å². The van der Waals surface area contributed by atoms with Crippen LogP contribution in [0.2, 0.25) is 0 Å². The van der Waals surface area contributed by atoms with E-state index < -0.39 is 28.5 Å². The largest absolute Gasteiger partial charge is 0.469 e. The van der Waals surface area contributed by atoms with Crippen molar-refractivity contribution in [1.82, 2.24) is 10.2 Å². The Morgan fingerprint density at radius 1 is 1.08 bits per heavy atom. The van der Waals surface area contributed by atoms with Crippen LogP contribution in [0.3, 0.4) is 0 Å². The number of hydrogen-bond donors (Lipinski definition) is 2. The van der Waals surface area contributed by atoms with Gasteiger partial charge in [0, 0.05) is 30.0 Å². The van der Waals surface area contributed by atoms with Gasteiger partial charge in [-0.3, -0.25) is 28.9 Å². The van der Waals surface area contributed by atoms with Crippen LogP contribution in [0.25, 0.3) is 0 Å². The minimum absolute atomic E-state index is 0.0418. The van der Waals surface area contributed by atoms with E-state index in [1.54, 1.807) is 24.3 Å². The van der Waals surface area contributed by atoms with E-state index in [1.807, 2.05) is 17.5 Å². The molecular weight excluding hydrogens is 518 g/mol. The second-order valence-electron chi connectivity index (χ2n) is 8.37. The van der Waals surface area contributed by atoms with Gasteiger partial charge in [0.2, 0.25) is 11.8 Å². The fraction of sp³-hybridized carbons (Fsp3) is 0.320. The molecule has 3 heterocycles. The number of hydrogen-bond acceptors (Lipinski definition) is 9. The first-order chi connectivity index (χ1) is 17.7. The zero-order valence-corrected chi connectivity index (χ0v) is 21.9. The van der Waals surface area contributed by atoms with Crippen LogP contribution >= 0.6 is 23.1 Å². The van der Waals surface area contributed by atoms with Gasteiger partial charge < -0.3 is 20.1 Å². The number of ether oxygens (including phenoxy) is 2. The van der Waals surface area contributed by atoms with Gasteiger partial charge in [0.25, 0.3) is 5.91 Å². The number of rotatable bonds is 8. The topological polar surface area (TPSA) is 131 Å². The number of anilines is 1. The van der Waals surface area contributed by atoms with E-state index >= 15 is 0 Å². The SMILES string of the molecule is COC(=O)Cc1ccc(NC(=O)C2=C(COC(C)=O)C(NC(C)=O)S[C@@H]3[C@H](c4cccs4)C(=O)N23)cc1. The molecule has 1 unspecified atom stereocenters. The van der Waals surface area contributed by atoms with Crippen LogP contribution in [0.15, 0.2) is 53.0 Å². The standard InChI is InChI=1S/C25H25N3O7S2/c1-13(29)26-23-17(12-35-14(2)30)21(28-24(33)20(25(28)37-23)18-5-4-10-36-18)22(32)27-16-8-6-15(7-9-16)11-19(31)34-3/h4-10,20,23,25H,11-12H2,1-3H3,(H,26,29)(H,27,32)/t20-,23?,25-/m1/s1. The number of benzene rings is 1. The average Bonchev–Trinajstić information content (AvgIpc) is 3.37. The van der Waals surface area contributed by atoms with Crippen molar-refractivity contribution < 1.29 is 33.4 Å². The van der Waals surface area contributed by atoms with E-state index in [2.05, 4.69) is 15.4 Å². The lowest BCUT2D eigenvalue weighted by Crippen LogP contribution is -2.62. The first-order valence-corrected chi connectivity index (χ1v) is 13.1. The molecule has 0 radical (unpaired) electrons. The second kappa shape index (κ2) is 11.2. The molecule has 3 atom stereocenters. The maximum atomic E-state index is 13.6. The molecule has 0 spiro atoms. The maximum absolute atomic E-state index is 13.6. The molecule has 3 amide bonds. The van der Waals surface area contributed by atoms with Crippen LogP contribution < -0.4 is 10.6 Å². The molecule has 2 N–H and O–H groups in total. The fourth-order valence-corrected chi connectivity index (χ4v) is 6.63. The molecule has 194 valence electrons. The Morgan fingerprint density at radius 2 is 1.81 bits per heavy atom. The third-order valence-corrected chi connectivity index (χ3v) is 8.19. The summed E-state index contributed by atoms with van der Waals surface area (Å²) in [7, 11) is 1.31. The van der Waals surface area contributed by atoms with Crippen LogP contribution in [0.4, 0.5) is 5.69 Å². The van der Waals surface area contributed by atoms with E-state index in [0.717, 1.165) is 4.88 Å².